The molecule has 5 nitrogen and oxygen atoms in total. The number of oxazole rings is 1. The topological polar surface area (TPSA) is 44.5 Å². The van der Waals surface area contributed by atoms with Crippen molar-refractivity contribution in [2.24, 2.45) is 0 Å². The maximum atomic E-state index is 5.64. The van der Waals surface area contributed by atoms with E-state index < -0.39 is 0 Å². The zero-order valence-electron chi connectivity index (χ0n) is 13.8. The molecular weight excluding hydrogens is 264 g/mol. The molecule has 0 bridgehead atoms. The number of nitrogens with zero attached hydrogens (tertiary/aromatic N) is 3. The number of rotatable bonds is 11. The molecule has 1 aromatic rings. The molecule has 1 aliphatic rings. The van der Waals surface area contributed by atoms with Crippen LogP contribution in [0, 0.1) is 0 Å². The van der Waals surface area contributed by atoms with Gasteiger partial charge < -0.3 is 19.5 Å². The fourth-order valence-corrected chi connectivity index (χ4v) is 2.47. The van der Waals surface area contributed by atoms with Crippen molar-refractivity contribution in [1.82, 2.24) is 15.2 Å². The lowest BCUT2D eigenvalue weighted by atomic mass is 10.3. The van der Waals surface area contributed by atoms with Crippen LogP contribution in [0.25, 0.3) is 0 Å². The Hall–Kier alpha value is -1.07. The van der Waals surface area contributed by atoms with Gasteiger partial charge in [-0.05, 0) is 45.8 Å². The van der Waals surface area contributed by atoms with Gasteiger partial charge in [0.15, 0.2) is 0 Å². The lowest BCUT2D eigenvalue weighted by Gasteiger charge is -2.22. The predicted molar refractivity (Wildman–Crippen MR) is 86.7 cm³/mol. The molecule has 1 N–H and O–H groups in total. The van der Waals surface area contributed by atoms with Gasteiger partial charge in [0.2, 0.25) is 0 Å². The lowest BCUT2D eigenvalue weighted by molar-refractivity contribution is 0.300. The first-order chi connectivity index (χ1) is 10.3. The number of anilines is 1. The van der Waals surface area contributed by atoms with Crippen LogP contribution in [0.3, 0.4) is 0 Å². The van der Waals surface area contributed by atoms with Gasteiger partial charge in [-0.3, -0.25) is 0 Å². The number of hydrogen-bond donors (Lipinski definition) is 1. The van der Waals surface area contributed by atoms with Gasteiger partial charge >= 0.3 is 0 Å². The highest BCUT2D eigenvalue weighted by Crippen LogP contribution is 2.20. The van der Waals surface area contributed by atoms with Crippen molar-refractivity contribution in [1.29, 1.82) is 0 Å². The summed E-state index contributed by atoms with van der Waals surface area (Å²) in [5.41, 5.74) is 1.01. The van der Waals surface area contributed by atoms with Gasteiger partial charge in [-0.25, -0.2) is 0 Å². The molecule has 21 heavy (non-hydrogen) atoms. The van der Waals surface area contributed by atoms with Crippen LogP contribution >= 0.6 is 0 Å². The molecule has 120 valence electrons. The maximum Gasteiger partial charge on any atom is 0.297 e. The van der Waals surface area contributed by atoms with Crippen molar-refractivity contribution in [2.75, 3.05) is 37.6 Å². The van der Waals surface area contributed by atoms with E-state index in [4.69, 9.17) is 4.42 Å². The molecule has 0 radical (unpaired) electrons. The summed E-state index contributed by atoms with van der Waals surface area (Å²) in [5, 5.41) is 3.47. The Labute approximate surface area is 128 Å². The Morgan fingerprint density at radius 1 is 1.19 bits per heavy atom. The zero-order chi connectivity index (χ0) is 15.1. The lowest BCUT2D eigenvalue weighted by Crippen LogP contribution is -2.30. The van der Waals surface area contributed by atoms with Crippen molar-refractivity contribution < 1.29 is 4.42 Å². The number of nitrogens with one attached hydrogen (secondary N) is 1. The molecule has 0 unspecified atom stereocenters. The summed E-state index contributed by atoms with van der Waals surface area (Å²) in [6, 6.07) is 1.48. The summed E-state index contributed by atoms with van der Waals surface area (Å²) in [7, 11) is 0. The predicted octanol–water partition coefficient (Wildman–Crippen LogP) is 2.48. The van der Waals surface area contributed by atoms with Gasteiger partial charge in [-0.1, -0.05) is 13.8 Å². The smallest absolute Gasteiger partial charge is 0.297 e. The molecule has 0 saturated heterocycles. The van der Waals surface area contributed by atoms with Gasteiger partial charge in [0.05, 0.1) is 5.69 Å². The highest BCUT2D eigenvalue weighted by molar-refractivity contribution is 5.26. The largest absolute Gasteiger partial charge is 0.432 e. The summed E-state index contributed by atoms with van der Waals surface area (Å²) in [4.78, 5) is 9.28. The average Bonchev–Trinajstić information content (AvgIpc) is 3.23. The second-order valence-electron chi connectivity index (χ2n) is 5.74. The molecule has 0 aromatic carbocycles. The van der Waals surface area contributed by atoms with Gasteiger partial charge in [0.1, 0.15) is 6.26 Å². The van der Waals surface area contributed by atoms with Crippen LogP contribution in [0.15, 0.2) is 10.7 Å². The Morgan fingerprint density at radius 3 is 2.57 bits per heavy atom. The van der Waals surface area contributed by atoms with Gasteiger partial charge in [-0.15, -0.1) is 0 Å². The molecule has 1 fully saturated rings. The van der Waals surface area contributed by atoms with Gasteiger partial charge in [0, 0.05) is 25.7 Å². The summed E-state index contributed by atoms with van der Waals surface area (Å²) in [6.07, 6.45) is 5.54. The molecule has 0 atom stereocenters. The van der Waals surface area contributed by atoms with E-state index in [0.717, 1.165) is 57.4 Å². The van der Waals surface area contributed by atoms with E-state index >= 15 is 0 Å². The van der Waals surface area contributed by atoms with E-state index in [1.54, 1.807) is 6.26 Å². The molecule has 0 spiro atoms. The number of aromatic nitrogens is 1. The Kier molecular flexibility index (Phi) is 6.51. The molecule has 1 heterocycles. The van der Waals surface area contributed by atoms with Gasteiger partial charge in [-0.2, -0.15) is 4.98 Å². The minimum Gasteiger partial charge on any atom is -0.432 e. The van der Waals surface area contributed by atoms with Crippen LogP contribution in [0.1, 0.15) is 45.7 Å². The standard InChI is InChI=1S/C16H30N4O/c1-4-19(5-2)10-7-11-20(6-3)16-18-15(13-21-16)12-17-14-8-9-14/h13-14,17H,4-12H2,1-3H3. The van der Waals surface area contributed by atoms with E-state index in [1.807, 2.05) is 0 Å². The molecule has 1 saturated carbocycles. The minimum atomic E-state index is 0.710. The summed E-state index contributed by atoms with van der Waals surface area (Å²) >= 11 is 0. The minimum absolute atomic E-state index is 0.710. The third-order valence-corrected chi connectivity index (χ3v) is 4.14. The van der Waals surface area contributed by atoms with Crippen molar-refractivity contribution in [3.8, 4) is 0 Å². The van der Waals surface area contributed by atoms with Crippen molar-refractivity contribution in [2.45, 2.75) is 52.6 Å². The van der Waals surface area contributed by atoms with Crippen LogP contribution in [-0.2, 0) is 6.54 Å². The molecule has 2 rings (SSSR count). The third kappa shape index (κ3) is 5.32. The van der Waals surface area contributed by atoms with E-state index in [0.29, 0.717) is 6.04 Å². The SMILES string of the molecule is CCN(CC)CCCN(CC)c1nc(CNC2CC2)co1. The molecular formula is C16H30N4O. The summed E-state index contributed by atoms with van der Waals surface area (Å²) in [5.74, 6) is 0. The maximum absolute atomic E-state index is 5.64. The van der Waals surface area contributed by atoms with Crippen molar-refractivity contribution >= 4 is 6.01 Å². The van der Waals surface area contributed by atoms with E-state index in [9.17, 15) is 0 Å². The highest BCUT2D eigenvalue weighted by Gasteiger charge is 2.21. The van der Waals surface area contributed by atoms with Crippen molar-refractivity contribution in [3.05, 3.63) is 12.0 Å². The molecule has 1 aromatic heterocycles. The normalized spacial score (nSPS) is 14.9. The molecule has 0 aliphatic heterocycles. The second-order valence-corrected chi connectivity index (χ2v) is 5.74. The van der Waals surface area contributed by atoms with Crippen LogP contribution in [-0.4, -0.2) is 48.6 Å². The van der Waals surface area contributed by atoms with Crippen LogP contribution in [0.5, 0.6) is 0 Å². The zero-order valence-corrected chi connectivity index (χ0v) is 13.8. The second kappa shape index (κ2) is 8.39. The Bertz CT molecular complexity index is 399. The number of hydrogen-bond acceptors (Lipinski definition) is 5. The summed E-state index contributed by atoms with van der Waals surface area (Å²) < 4.78 is 5.64. The third-order valence-electron chi connectivity index (χ3n) is 4.14. The van der Waals surface area contributed by atoms with Crippen LogP contribution in [0.4, 0.5) is 6.01 Å². The first-order valence-electron chi connectivity index (χ1n) is 8.41. The fourth-order valence-electron chi connectivity index (χ4n) is 2.47. The van der Waals surface area contributed by atoms with E-state index in [-0.39, 0.29) is 0 Å². The van der Waals surface area contributed by atoms with E-state index in [1.165, 1.54) is 12.8 Å². The highest BCUT2D eigenvalue weighted by atomic mass is 16.4. The first-order valence-corrected chi connectivity index (χ1v) is 8.41. The van der Waals surface area contributed by atoms with Crippen molar-refractivity contribution in [3.63, 3.8) is 0 Å². The molecule has 1 aliphatic carbocycles. The van der Waals surface area contributed by atoms with Crippen LogP contribution < -0.4 is 10.2 Å². The molecule has 5 heteroatoms. The Morgan fingerprint density at radius 2 is 1.95 bits per heavy atom. The summed E-state index contributed by atoms with van der Waals surface area (Å²) in [6.45, 7) is 12.7. The molecule has 0 amide bonds. The first kappa shape index (κ1) is 16.3. The monoisotopic (exact) mass is 294 g/mol. The van der Waals surface area contributed by atoms with E-state index in [2.05, 4.69) is 40.9 Å². The quantitative estimate of drug-likeness (QED) is 0.679. The van der Waals surface area contributed by atoms with Gasteiger partial charge in [0.25, 0.3) is 6.01 Å². The van der Waals surface area contributed by atoms with Crippen LogP contribution in [0.2, 0.25) is 0 Å². The Balaban J connectivity index is 1.76. The average molecular weight is 294 g/mol. The fraction of sp³-hybridized carbons (Fsp3) is 0.812.